The van der Waals surface area contributed by atoms with E-state index < -0.39 is 11.9 Å². The summed E-state index contributed by atoms with van der Waals surface area (Å²) < 4.78 is 0. The first-order valence-electron chi connectivity index (χ1n) is 6.38. The maximum Gasteiger partial charge on any atom is 0.386 e. The van der Waals surface area contributed by atoms with Crippen molar-refractivity contribution in [3.63, 3.8) is 0 Å². The first kappa shape index (κ1) is 16.3. The van der Waals surface area contributed by atoms with Gasteiger partial charge >= 0.3 is 11.9 Å². The summed E-state index contributed by atoms with van der Waals surface area (Å²) >= 11 is 11.5. The second-order valence-electron chi connectivity index (χ2n) is 4.32. The zero-order valence-electron chi connectivity index (χ0n) is 11.4. The van der Waals surface area contributed by atoms with Crippen LogP contribution in [0.25, 0.3) is 0 Å². The Morgan fingerprint density at radius 1 is 0.727 bits per heavy atom. The number of rotatable bonds is 4. The third-order valence-electron chi connectivity index (χ3n) is 2.96. The van der Waals surface area contributed by atoms with Crippen molar-refractivity contribution >= 4 is 35.1 Å². The average Bonchev–Trinajstić information content (AvgIpc) is 2.59. The Morgan fingerprint density at radius 2 is 1.09 bits per heavy atom. The molecular formula is C16H12Cl2O4. The number of hydrogen-bond donors (Lipinski definition) is 0. The molecule has 22 heavy (non-hydrogen) atoms. The van der Waals surface area contributed by atoms with E-state index in [1.54, 1.807) is 48.5 Å². The van der Waals surface area contributed by atoms with Crippen LogP contribution in [0, 0.1) is 0 Å². The number of alkyl halides is 2. The maximum absolute atomic E-state index is 11.9. The van der Waals surface area contributed by atoms with Gasteiger partial charge < -0.3 is 0 Å². The Balaban J connectivity index is 2.06. The Bertz CT molecular complexity index is 626. The van der Waals surface area contributed by atoms with Gasteiger partial charge in [0.05, 0.1) is 11.1 Å². The third-order valence-corrected chi connectivity index (χ3v) is 3.53. The minimum absolute atomic E-state index is 0.147. The smallest absolute Gasteiger partial charge is 0.241 e. The molecule has 0 heterocycles. The molecular weight excluding hydrogens is 327 g/mol. The lowest BCUT2D eigenvalue weighted by Crippen LogP contribution is -2.14. The molecule has 2 rings (SSSR count). The Labute approximate surface area is 137 Å². The van der Waals surface area contributed by atoms with E-state index in [2.05, 4.69) is 9.78 Å². The van der Waals surface area contributed by atoms with Crippen LogP contribution < -0.4 is 0 Å². The van der Waals surface area contributed by atoms with Gasteiger partial charge in [-0.25, -0.2) is 19.4 Å². The SMILES string of the molecule is O=C(OOC(=O)c1ccccc1CCl)c1ccccc1CCl. The van der Waals surface area contributed by atoms with Crippen molar-refractivity contribution in [1.29, 1.82) is 0 Å². The second kappa shape index (κ2) is 7.82. The minimum Gasteiger partial charge on any atom is -0.241 e. The van der Waals surface area contributed by atoms with Crippen LogP contribution in [0.3, 0.4) is 0 Å². The summed E-state index contributed by atoms with van der Waals surface area (Å²) in [5.41, 5.74) is 1.67. The topological polar surface area (TPSA) is 52.6 Å². The largest absolute Gasteiger partial charge is 0.386 e. The van der Waals surface area contributed by atoms with Gasteiger partial charge in [0.1, 0.15) is 0 Å². The van der Waals surface area contributed by atoms with Crippen molar-refractivity contribution in [3.8, 4) is 0 Å². The maximum atomic E-state index is 11.9. The van der Waals surface area contributed by atoms with Crippen LogP contribution in [-0.4, -0.2) is 11.9 Å². The van der Waals surface area contributed by atoms with Crippen molar-refractivity contribution in [1.82, 2.24) is 0 Å². The number of carbonyl (C=O) groups excluding carboxylic acids is 2. The van der Waals surface area contributed by atoms with Crippen LogP contribution in [0.5, 0.6) is 0 Å². The van der Waals surface area contributed by atoms with Gasteiger partial charge in [-0.3, -0.25) is 0 Å². The molecule has 0 aliphatic heterocycles. The number of halogens is 2. The highest BCUT2D eigenvalue weighted by Gasteiger charge is 2.18. The zero-order chi connectivity index (χ0) is 15.9. The highest BCUT2D eigenvalue weighted by atomic mass is 35.5. The van der Waals surface area contributed by atoms with E-state index in [0.717, 1.165) is 0 Å². The average molecular weight is 339 g/mol. The van der Waals surface area contributed by atoms with Crippen molar-refractivity contribution < 1.29 is 19.4 Å². The van der Waals surface area contributed by atoms with Gasteiger partial charge in [-0.15, -0.1) is 23.2 Å². The molecule has 0 saturated heterocycles. The second-order valence-corrected chi connectivity index (χ2v) is 4.86. The van der Waals surface area contributed by atoms with E-state index in [4.69, 9.17) is 23.2 Å². The molecule has 2 aromatic rings. The summed E-state index contributed by atoms with van der Waals surface area (Å²) in [4.78, 5) is 33.1. The first-order valence-corrected chi connectivity index (χ1v) is 7.45. The third kappa shape index (κ3) is 3.78. The fraction of sp³-hybridized carbons (Fsp3) is 0.125. The predicted molar refractivity (Wildman–Crippen MR) is 82.8 cm³/mol. The molecule has 0 aliphatic rings. The number of benzene rings is 2. The number of carbonyl (C=O) groups is 2. The molecule has 0 spiro atoms. The lowest BCUT2D eigenvalue weighted by Gasteiger charge is -2.07. The molecule has 4 nitrogen and oxygen atoms in total. The standard InChI is InChI=1S/C16H12Cl2O4/c17-9-11-5-1-3-7-13(11)15(19)21-22-16(20)14-8-4-2-6-12(14)10-18/h1-8H,9-10H2. The quantitative estimate of drug-likeness (QED) is 0.478. The molecule has 0 amide bonds. The van der Waals surface area contributed by atoms with Crippen molar-refractivity contribution in [2.75, 3.05) is 0 Å². The molecule has 0 atom stereocenters. The molecule has 0 bridgehead atoms. The van der Waals surface area contributed by atoms with E-state index in [-0.39, 0.29) is 22.9 Å². The van der Waals surface area contributed by atoms with Gasteiger partial charge in [0.25, 0.3) is 0 Å². The van der Waals surface area contributed by atoms with Gasteiger partial charge in [-0.1, -0.05) is 36.4 Å². The highest BCUT2D eigenvalue weighted by Crippen LogP contribution is 2.15. The fourth-order valence-electron chi connectivity index (χ4n) is 1.84. The van der Waals surface area contributed by atoms with Crippen LogP contribution in [0.2, 0.25) is 0 Å². The normalized spacial score (nSPS) is 10.1. The van der Waals surface area contributed by atoms with E-state index in [1.807, 2.05) is 0 Å². The molecule has 0 aromatic heterocycles. The Hall–Kier alpha value is -2.04. The summed E-state index contributed by atoms with van der Waals surface area (Å²) in [5.74, 6) is -1.27. The summed E-state index contributed by atoms with van der Waals surface area (Å²) in [7, 11) is 0. The van der Waals surface area contributed by atoms with Gasteiger partial charge in [0, 0.05) is 11.8 Å². The summed E-state index contributed by atoms with van der Waals surface area (Å²) in [6, 6.07) is 13.3. The van der Waals surface area contributed by atoms with Crippen molar-refractivity contribution in [2.24, 2.45) is 0 Å². The minimum atomic E-state index is -0.784. The summed E-state index contributed by atoms with van der Waals surface area (Å²) in [5, 5.41) is 0. The van der Waals surface area contributed by atoms with E-state index in [9.17, 15) is 9.59 Å². The lowest BCUT2D eigenvalue weighted by molar-refractivity contribution is -0.187. The highest BCUT2D eigenvalue weighted by molar-refractivity contribution is 6.18. The molecule has 0 fully saturated rings. The first-order chi connectivity index (χ1) is 10.7. The molecule has 0 aliphatic carbocycles. The molecule has 114 valence electrons. The molecule has 0 unspecified atom stereocenters. The van der Waals surface area contributed by atoms with Gasteiger partial charge in [-0.2, -0.15) is 0 Å². The van der Waals surface area contributed by atoms with Crippen molar-refractivity contribution in [3.05, 3.63) is 70.8 Å². The van der Waals surface area contributed by atoms with Crippen LogP contribution >= 0.6 is 23.2 Å². The summed E-state index contributed by atoms with van der Waals surface area (Å²) in [6.45, 7) is 0. The summed E-state index contributed by atoms with van der Waals surface area (Å²) in [6.07, 6.45) is 0. The monoisotopic (exact) mass is 338 g/mol. The lowest BCUT2D eigenvalue weighted by atomic mass is 10.1. The van der Waals surface area contributed by atoms with E-state index in [0.29, 0.717) is 11.1 Å². The molecule has 2 aromatic carbocycles. The van der Waals surface area contributed by atoms with Crippen LogP contribution in [0.1, 0.15) is 31.8 Å². The van der Waals surface area contributed by atoms with Gasteiger partial charge in [-0.05, 0) is 23.3 Å². The molecule has 0 N–H and O–H groups in total. The fourth-order valence-corrected chi connectivity index (χ4v) is 2.30. The number of hydrogen-bond acceptors (Lipinski definition) is 4. The Kier molecular flexibility index (Phi) is 5.81. The zero-order valence-corrected chi connectivity index (χ0v) is 12.9. The Morgan fingerprint density at radius 3 is 1.45 bits per heavy atom. The van der Waals surface area contributed by atoms with E-state index >= 15 is 0 Å². The van der Waals surface area contributed by atoms with Gasteiger partial charge in [0.15, 0.2) is 0 Å². The van der Waals surface area contributed by atoms with Crippen LogP contribution in [0.15, 0.2) is 48.5 Å². The van der Waals surface area contributed by atoms with Gasteiger partial charge in [0.2, 0.25) is 0 Å². The molecule has 0 saturated carbocycles. The molecule has 6 heteroatoms. The molecule has 0 radical (unpaired) electrons. The van der Waals surface area contributed by atoms with Crippen LogP contribution in [-0.2, 0) is 21.5 Å². The van der Waals surface area contributed by atoms with Crippen molar-refractivity contribution in [2.45, 2.75) is 11.8 Å². The van der Waals surface area contributed by atoms with E-state index in [1.165, 1.54) is 0 Å². The van der Waals surface area contributed by atoms with Crippen LogP contribution in [0.4, 0.5) is 0 Å². The predicted octanol–water partition coefficient (Wildman–Crippen LogP) is 4.09.